The van der Waals surface area contributed by atoms with Crippen molar-refractivity contribution in [3.05, 3.63) is 65.2 Å². The third-order valence-corrected chi connectivity index (χ3v) is 6.21. The summed E-state index contributed by atoms with van der Waals surface area (Å²) in [4.78, 5) is 42.3. The number of aryl methyl sites for hydroxylation is 2. The van der Waals surface area contributed by atoms with Crippen LogP contribution in [0.25, 0.3) is 0 Å². The Hall–Kier alpha value is -3.35. The first-order valence-electron chi connectivity index (χ1n) is 12.6. The van der Waals surface area contributed by atoms with Crippen LogP contribution in [0.2, 0.25) is 0 Å². The lowest BCUT2D eigenvalue weighted by atomic mass is 9.96. The van der Waals surface area contributed by atoms with E-state index in [9.17, 15) is 14.4 Å². The molecule has 2 atom stereocenters. The summed E-state index contributed by atoms with van der Waals surface area (Å²) in [7, 11) is 0. The molecule has 7 nitrogen and oxygen atoms in total. The highest BCUT2D eigenvalue weighted by Gasteiger charge is 2.45. The molecule has 0 heterocycles. The Morgan fingerprint density at radius 1 is 0.944 bits per heavy atom. The highest BCUT2D eigenvalue weighted by atomic mass is 16.6. The minimum Gasteiger partial charge on any atom is -0.444 e. The quantitative estimate of drug-likeness (QED) is 0.507. The van der Waals surface area contributed by atoms with Crippen molar-refractivity contribution in [1.82, 2.24) is 10.2 Å². The van der Waals surface area contributed by atoms with Crippen LogP contribution in [0, 0.1) is 19.8 Å². The lowest BCUT2D eigenvalue weighted by Crippen LogP contribution is -2.55. The van der Waals surface area contributed by atoms with Crippen molar-refractivity contribution in [1.29, 1.82) is 0 Å². The highest BCUT2D eigenvalue weighted by Crippen LogP contribution is 2.37. The highest BCUT2D eigenvalue weighted by molar-refractivity contribution is 5.99. The first kappa shape index (κ1) is 27.2. The summed E-state index contributed by atoms with van der Waals surface area (Å²) in [6, 6.07) is 13.5. The van der Waals surface area contributed by atoms with Gasteiger partial charge < -0.3 is 20.3 Å². The molecule has 194 valence electrons. The predicted molar refractivity (Wildman–Crippen MR) is 142 cm³/mol. The van der Waals surface area contributed by atoms with E-state index in [2.05, 4.69) is 10.6 Å². The van der Waals surface area contributed by atoms with Gasteiger partial charge in [-0.25, -0.2) is 4.79 Å². The van der Waals surface area contributed by atoms with Crippen LogP contribution < -0.4 is 10.6 Å². The maximum absolute atomic E-state index is 14.1. The maximum Gasteiger partial charge on any atom is 0.408 e. The number of alkyl carbamates (subject to hydrolysis) is 1. The van der Waals surface area contributed by atoms with Gasteiger partial charge in [0.2, 0.25) is 5.91 Å². The molecule has 1 aliphatic rings. The van der Waals surface area contributed by atoms with Crippen LogP contribution >= 0.6 is 0 Å². The fourth-order valence-electron chi connectivity index (χ4n) is 4.20. The number of hydrogen-bond donors (Lipinski definition) is 2. The summed E-state index contributed by atoms with van der Waals surface area (Å²) in [6.07, 6.45) is 0.966. The molecule has 1 aliphatic carbocycles. The van der Waals surface area contributed by atoms with Crippen molar-refractivity contribution >= 4 is 23.6 Å². The molecule has 7 heteroatoms. The van der Waals surface area contributed by atoms with Crippen molar-refractivity contribution in [2.75, 3.05) is 5.32 Å². The second-order valence-corrected chi connectivity index (χ2v) is 10.9. The monoisotopic (exact) mass is 493 g/mol. The number of ether oxygens (including phenoxy) is 1. The van der Waals surface area contributed by atoms with Gasteiger partial charge in [0.1, 0.15) is 17.7 Å². The number of benzene rings is 2. The molecule has 3 amide bonds. The SMILES string of the molecule is Cc1ccccc1NC(=O)C(c1ccccc1C)N(C(=O)C(NC(=O)OC(C)(C)C)C(C)C)C1CC1. The molecule has 3 rings (SSSR count). The Kier molecular flexibility index (Phi) is 8.43. The number of amides is 3. The number of hydrogen-bond acceptors (Lipinski definition) is 4. The number of para-hydroxylation sites is 1. The summed E-state index contributed by atoms with van der Waals surface area (Å²) in [5.74, 6) is -0.770. The molecule has 0 aliphatic heterocycles. The number of nitrogens with one attached hydrogen (secondary N) is 2. The minimum absolute atomic E-state index is 0.0774. The Bertz CT molecular complexity index is 1100. The zero-order chi connectivity index (χ0) is 26.6. The summed E-state index contributed by atoms with van der Waals surface area (Å²) < 4.78 is 5.43. The average Bonchev–Trinajstić information content (AvgIpc) is 3.61. The van der Waals surface area contributed by atoms with Gasteiger partial charge in [0.05, 0.1) is 0 Å². The van der Waals surface area contributed by atoms with E-state index in [0.717, 1.165) is 29.5 Å². The second kappa shape index (κ2) is 11.1. The van der Waals surface area contributed by atoms with E-state index in [1.54, 1.807) is 25.7 Å². The fourth-order valence-corrected chi connectivity index (χ4v) is 4.20. The van der Waals surface area contributed by atoms with Crippen LogP contribution in [-0.2, 0) is 14.3 Å². The molecule has 2 N–H and O–H groups in total. The smallest absolute Gasteiger partial charge is 0.408 e. The Morgan fingerprint density at radius 3 is 2.06 bits per heavy atom. The first-order chi connectivity index (χ1) is 16.9. The summed E-state index contributed by atoms with van der Waals surface area (Å²) in [5, 5.41) is 5.82. The topological polar surface area (TPSA) is 87.7 Å². The molecular weight excluding hydrogens is 454 g/mol. The number of carbonyl (C=O) groups is 3. The van der Waals surface area contributed by atoms with Crippen molar-refractivity contribution in [3.63, 3.8) is 0 Å². The Morgan fingerprint density at radius 2 is 1.53 bits per heavy atom. The third kappa shape index (κ3) is 6.86. The first-order valence-corrected chi connectivity index (χ1v) is 12.6. The largest absolute Gasteiger partial charge is 0.444 e. The second-order valence-electron chi connectivity index (χ2n) is 10.9. The number of nitrogens with zero attached hydrogens (tertiary/aromatic N) is 1. The van der Waals surface area contributed by atoms with Gasteiger partial charge in [-0.15, -0.1) is 0 Å². The Labute approximate surface area is 214 Å². The van der Waals surface area contributed by atoms with Crippen molar-refractivity contribution < 1.29 is 19.1 Å². The van der Waals surface area contributed by atoms with Crippen molar-refractivity contribution in [2.45, 2.75) is 85.0 Å². The third-order valence-electron chi connectivity index (χ3n) is 6.21. The minimum atomic E-state index is -0.840. The van der Waals surface area contributed by atoms with E-state index in [-0.39, 0.29) is 23.8 Å². The van der Waals surface area contributed by atoms with Crippen LogP contribution in [0.3, 0.4) is 0 Å². The molecule has 2 unspecified atom stereocenters. The summed E-state index contributed by atoms with van der Waals surface area (Å²) in [6.45, 7) is 13.0. The van der Waals surface area contributed by atoms with Gasteiger partial charge >= 0.3 is 6.09 Å². The van der Waals surface area contributed by atoms with E-state index >= 15 is 0 Å². The van der Waals surface area contributed by atoms with E-state index in [1.807, 2.05) is 76.2 Å². The van der Waals surface area contributed by atoms with Gasteiger partial charge in [-0.3, -0.25) is 9.59 Å². The van der Waals surface area contributed by atoms with E-state index in [4.69, 9.17) is 4.74 Å². The standard InChI is InChI=1S/C29H39N3O4/c1-18(2)24(31-28(35)36-29(5,6)7)27(34)32(21-16-17-21)25(22-14-10-8-12-19(22)3)26(33)30-23-15-11-9-13-20(23)4/h8-15,18,21,24-25H,16-17H2,1-7H3,(H,30,33)(H,31,35). The van der Waals surface area contributed by atoms with E-state index < -0.39 is 23.8 Å². The molecule has 36 heavy (non-hydrogen) atoms. The van der Waals surface area contributed by atoms with Gasteiger partial charge in [0.25, 0.3) is 5.91 Å². The van der Waals surface area contributed by atoms with Gasteiger partial charge in [0, 0.05) is 11.7 Å². The van der Waals surface area contributed by atoms with Gasteiger partial charge in [-0.1, -0.05) is 56.3 Å². The number of carbonyl (C=O) groups excluding carboxylic acids is 3. The summed E-state index contributed by atoms with van der Waals surface area (Å²) in [5.41, 5.74) is 2.63. The molecule has 1 fully saturated rings. The van der Waals surface area contributed by atoms with Crippen molar-refractivity contribution in [2.24, 2.45) is 5.92 Å². The molecule has 0 bridgehead atoms. The summed E-state index contributed by atoms with van der Waals surface area (Å²) >= 11 is 0. The molecule has 2 aromatic rings. The molecule has 0 aromatic heterocycles. The predicted octanol–water partition coefficient (Wildman–Crippen LogP) is 5.52. The Balaban J connectivity index is 2.00. The van der Waals surface area contributed by atoms with Gasteiger partial charge in [-0.2, -0.15) is 0 Å². The van der Waals surface area contributed by atoms with Crippen LogP contribution in [0.4, 0.5) is 10.5 Å². The molecular formula is C29H39N3O4. The van der Waals surface area contributed by atoms with E-state index in [0.29, 0.717) is 5.69 Å². The van der Waals surface area contributed by atoms with Crippen LogP contribution in [-0.4, -0.2) is 40.5 Å². The lowest BCUT2D eigenvalue weighted by molar-refractivity contribution is -0.142. The van der Waals surface area contributed by atoms with Crippen LogP contribution in [0.5, 0.6) is 0 Å². The average molecular weight is 494 g/mol. The van der Waals surface area contributed by atoms with Crippen molar-refractivity contribution in [3.8, 4) is 0 Å². The van der Waals surface area contributed by atoms with Crippen LogP contribution in [0.1, 0.15) is 70.2 Å². The normalized spacial score (nSPS) is 15.1. The zero-order valence-corrected chi connectivity index (χ0v) is 22.4. The molecule has 1 saturated carbocycles. The zero-order valence-electron chi connectivity index (χ0n) is 22.4. The van der Waals surface area contributed by atoms with Gasteiger partial charge in [-0.05, 0) is 76.1 Å². The number of anilines is 1. The maximum atomic E-state index is 14.1. The molecule has 0 spiro atoms. The van der Waals surface area contributed by atoms with Crippen LogP contribution in [0.15, 0.2) is 48.5 Å². The molecule has 0 radical (unpaired) electrons. The van der Waals surface area contributed by atoms with E-state index in [1.165, 1.54) is 0 Å². The fraction of sp³-hybridized carbons (Fsp3) is 0.483. The molecule has 0 saturated heterocycles. The molecule has 2 aromatic carbocycles. The number of rotatable bonds is 8. The van der Waals surface area contributed by atoms with Gasteiger partial charge in [0.15, 0.2) is 0 Å². The lowest BCUT2D eigenvalue weighted by Gasteiger charge is -2.36.